The van der Waals surface area contributed by atoms with Crippen LogP contribution >= 0.6 is 11.6 Å². The fraction of sp³-hybridized carbons (Fsp3) is 0.583. The Morgan fingerprint density at radius 2 is 2.35 bits per heavy atom. The smallest absolute Gasteiger partial charge is 0.167 e. The van der Waals surface area contributed by atoms with Gasteiger partial charge in [0.25, 0.3) is 0 Å². The van der Waals surface area contributed by atoms with E-state index >= 15 is 0 Å². The van der Waals surface area contributed by atoms with Crippen LogP contribution in [0.25, 0.3) is 0 Å². The minimum atomic E-state index is -0.353. The first-order valence-corrected chi connectivity index (χ1v) is 6.18. The standard InChI is InChI=1S/C12H17ClFN3/c1-16-5-3-4-10(8-16)17(2)12-11(14)6-9(13)7-15-12/h6-7,10H,3-5,8H2,1-2H3. The van der Waals surface area contributed by atoms with Crippen molar-refractivity contribution in [1.29, 1.82) is 0 Å². The van der Waals surface area contributed by atoms with Crippen molar-refractivity contribution in [2.75, 3.05) is 32.1 Å². The van der Waals surface area contributed by atoms with Crippen LogP contribution in [0.4, 0.5) is 10.2 Å². The van der Waals surface area contributed by atoms with E-state index in [2.05, 4.69) is 16.9 Å². The van der Waals surface area contributed by atoms with Crippen LogP contribution in [0.5, 0.6) is 0 Å². The van der Waals surface area contributed by atoms with Crippen molar-refractivity contribution in [3.63, 3.8) is 0 Å². The lowest BCUT2D eigenvalue weighted by Crippen LogP contribution is -2.45. The summed E-state index contributed by atoms with van der Waals surface area (Å²) < 4.78 is 13.8. The summed E-state index contributed by atoms with van der Waals surface area (Å²) in [5, 5.41) is 0.334. The van der Waals surface area contributed by atoms with Crippen molar-refractivity contribution in [2.45, 2.75) is 18.9 Å². The molecule has 1 saturated heterocycles. The van der Waals surface area contributed by atoms with Crippen LogP contribution in [-0.2, 0) is 0 Å². The fourth-order valence-electron chi connectivity index (χ4n) is 2.30. The van der Waals surface area contributed by atoms with Crippen molar-refractivity contribution in [1.82, 2.24) is 9.88 Å². The molecule has 0 amide bonds. The van der Waals surface area contributed by atoms with Gasteiger partial charge < -0.3 is 9.80 Å². The molecule has 0 aliphatic carbocycles. The van der Waals surface area contributed by atoms with Crippen LogP contribution in [0, 0.1) is 5.82 Å². The van der Waals surface area contributed by atoms with Gasteiger partial charge in [0.15, 0.2) is 11.6 Å². The van der Waals surface area contributed by atoms with E-state index in [1.807, 2.05) is 11.9 Å². The molecule has 2 rings (SSSR count). The van der Waals surface area contributed by atoms with Crippen LogP contribution < -0.4 is 4.90 Å². The number of likely N-dealkylation sites (tertiary alicyclic amines) is 1. The molecular weight excluding hydrogens is 241 g/mol. The van der Waals surface area contributed by atoms with Gasteiger partial charge in [-0.1, -0.05) is 11.6 Å². The molecule has 1 unspecified atom stereocenters. The summed E-state index contributed by atoms with van der Waals surface area (Å²) in [4.78, 5) is 8.26. The number of likely N-dealkylation sites (N-methyl/N-ethyl adjacent to an activating group) is 2. The van der Waals surface area contributed by atoms with Gasteiger partial charge in [-0.3, -0.25) is 0 Å². The summed E-state index contributed by atoms with van der Waals surface area (Å²) in [6.45, 7) is 2.06. The monoisotopic (exact) mass is 257 g/mol. The van der Waals surface area contributed by atoms with Gasteiger partial charge in [-0.2, -0.15) is 0 Å². The first-order valence-electron chi connectivity index (χ1n) is 5.80. The first kappa shape index (κ1) is 12.6. The fourth-order valence-corrected chi connectivity index (χ4v) is 2.44. The summed E-state index contributed by atoms with van der Waals surface area (Å²) in [6.07, 6.45) is 3.70. The molecule has 0 aromatic carbocycles. The molecule has 1 aromatic rings. The van der Waals surface area contributed by atoms with Gasteiger partial charge in [-0.05, 0) is 32.5 Å². The second kappa shape index (κ2) is 5.19. The molecule has 0 bridgehead atoms. The van der Waals surface area contributed by atoms with Crippen molar-refractivity contribution in [3.05, 3.63) is 23.1 Å². The molecule has 1 aliphatic rings. The molecule has 1 aromatic heterocycles. The number of rotatable bonds is 2. The quantitative estimate of drug-likeness (QED) is 0.811. The Morgan fingerprint density at radius 3 is 3.00 bits per heavy atom. The predicted octanol–water partition coefficient (Wildman–Crippen LogP) is 2.40. The van der Waals surface area contributed by atoms with E-state index in [4.69, 9.17) is 11.6 Å². The van der Waals surface area contributed by atoms with E-state index < -0.39 is 0 Å². The third-order valence-electron chi connectivity index (χ3n) is 3.27. The zero-order chi connectivity index (χ0) is 12.4. The summed E-state index contributed by atoms with van der Waals surface area (Å²) in [5.74, 6) is 0.0305. The Morgan fingerprint density at radius 1 is 1.59 bits per heavy atom. The molecule has 0 radical (unpaired) electrons. The Balaban J connectivity index is 2.15. The maximum atomic E-state index is 13.8. The number of halogens is 2. The summed E-state index contributed by atoms with van der Waals surface area (Å²) in [5.41, 5.74) is 0. The van der Waals surface area contributed by atoms with E-state index in [9.17, 15) is 4.39 Å². The van der Waals surface area contributed by atoms with E-state index in [0.717, 1.165) is 25.9 Å². The van der Waals surface area contributed by atoms with Gasteiger partial charge in [-0.15, -0.1) is 0 Å². The molecule has 1 aliphatic heterocycles. The van der Waals surface area contributed by atoms with Gasteiger partial charge in [0.1, 0.15) is 0 Å². The Labute approximate surface area is 106 Å². The lowest BCUT2D eigenvalue weighted by Gasteiger charge is -2.36. The van der Waals surface area contributed by atoms with Gasteiger partial charge in [0.05, 0.1) is 5.02 Å². The number of piperidine rings is 1. The number of hydrogen-bond acceptors (Lipinski definition) is 3. The number of nitrogens with zero attached hydrogens (tertiary/aromatic N) is 3. The van der Waals surface area contributed by atoms with Crippen LogP contribution in [-0.4, -0.2) is 43.1 Å². The Hall–Kier alpha value is -0.870. The van der Waals surface area contributed by atoms with Crippen LogP contribution in [0.1, 0.15) is 12.8 Å². The molecule has 3 nitrogen and oxygen atoms in total. The van der Waals surface area contributed by atoms with Crippen LogP contribution in [0.2, 0.25) is 5.02 Å². The second-order valence-corrected chi connectivity index (χ2v) is 5.06. The highest BCUT2D eigenvalue weighted by atomic mass is 35.5. The van der Waals surface area contributed by atoms with E-state index in [1.54, 1.807) is 0 Å². The molecular formula is C12H17ClFN3. The zero-order valence-corrected chi connectivity index (χ0v) is 10.9. The third-order valence-corrected chi connectivity index (χ3v) is 3.48. The molecule has 0 saturated carbocycles. The predicted molar refractivity (Wildman–Crippen MR) is 68.1 cm³/mol. The maximum absolute atomic E-state index is 13.8. The summed E-state index contributed by atoms with van der Waals surface area (Å²) >= 11 is 5.70. The number of hydrogen-bond donors (Lipinski definition) is 0. The minimum Gasteiger partial charge on any atom is -0.353 e. The Kier molecular flexibility index (Phi) is 3.84. The topological polar surface area (TPSA) is 19.4 Å². The van der Waals surface area contributed by atoms with Crippen molar-refractivity contribution >= 4 is 17.4 Å². The average molecular weight is 258 g/mol. The molecule has 0 N–H and O–H groups in total. The van der Waals surface area contributed by atoms with Crippen molar-refractivity contribution in [3.8, 4) is 0 Å². The molecule has 5 heteroatoms. The number of pyridine rings is 1. The summed E-state index contributed by atoms with van der Waals surface area (Å²) in [7, 11) is 3.98. The maximum Gasteiger partial charge on any atom is 0.167 e. The summed E-state index contributed by atoms with van der Waals surface area (Å²) in [6, 6.07) is 1.63. The van der Waals surface area contributed by atoms with E-state index in [-0.39, 0.29) is 5.82 Å². The minimum absolute atomic E-state index is 0.317. The highest BCUT2D eigenvalue weighted by Crippen LogP contribution is 2.23. The third kappa shape index (κ3) is 2.87. The lowest BCUT2D eigenvalue weighted by molar-refractivity contribution is 0.247. The molecule has 94 valence electrons. The SMILES string of the molecule is CN1CCCC(N(C)c2ncc(Cl)cc2F)C1. The first-order chi connectivity index (χ1) is 8.08. The highest BCUT2D eigenvalue weighted by molar-refractivity contribution is 6.30. The second-order valence-electron chi connectivity index (χ2n) is 4.63. The molecule has 2 heterocycles. The molecule has 1 atom stereocenters. The number of anilines is 1. The lowest BCUT2D eigenvalue weighted by atomic mass is 10.1. The normalized spacial score (nSPS) is 21.5. The van der Waals surface area contributed by atoms with E-state index in [0.29, 0.717) is 16.9 Å². The Bertz CT molecular complexity index is 399. The van der Waals surface area contributed by atoms with Crippen LogP contribution in [0.15, 0.2) is 12.3 Å². The van der Waals surface area contributed by atoms with Gasteiger partial charge >= 0.3 is 0 Å². The zero-order valence-electron chi connectivity index (χ0n) is 10.2. The van der Waals surface area contributed by atoms with Crippen LogP contribution in [0.3, 0.4) is 0 Å². The molecule has 17 heavy (non-hydrogen) atoms. The largest absolute Gasteiger partial charge is 0.353 e. The molecule has 1 fully saturated rings. The van der Waals surface area contributed by atoms with Crippen molar-refractivity contribution < 1.29 is 4.39 Å². The highest BCUT2D eigenvalue weighted by Gasteiger charge is 2.23. The molecule has 0 spiro atoms. The average Bonchev–Trinajstić information content (AvgIpc) is 2.28. The van der Waals surface area contributed by atoms with E-state index in [1.165, 1.54) is 12.3 Å². The number of aromatic nitrogens is 1. The van der Waals surface area contributed by atoms with Gasteiger partial charge in [-0.25, -0.2) is 9.37 Å². The van der Waals surface area contributed by atoms with Gasteiger partial charge in [0, 0.05) is 25.8 Å². The van der Waals surface area contributed by atoms with Gasteiger partial charge in [0.2, 0.25) is 0 Å². The van der Waals surface area contributed by atoms with Crippen molar-refractivity contribution in [2.24, 2.45) is 0 Å².